The van der Waals surface area contributed by atoms with E-state index in [2.05, 4.69) is 0 Å². The average molecular weight is 370 g/mol. The first-order valence-electron chi connectivity index (χ1n) is 8.80. The minimum Gasteiger partial charge on any atom is -0.454 e. The number of carbonyl (C=O) groups is 2. The molecule has 0 unspecified atom stereocenters. The number of ketones is 1. The van der Waals surface area contributed by atoms with E-state index in [1.165, 1.54) is 18.2 Å². The van der Waals surface area contributed by atoms with E-state index < -0.39 is 5.82 Å². The molecule has 2 aliphatic rings. The van der Waals surface area contributed by atoms with Gasteiger partial charge in [-0.25, -0.2) is 4.39 Å². The fourth-order valence-electron chi connectivity index (χ4n) is 3.28. The zero-order valence-corrected chi connectivity index (χ0v) is 14.7. The van der Waals surface area contributed by atoms with Crippen LogP contribution in [-0.4, -0.2) is 61.0 Å². The normalized spacial score (nSPS) is 16.4. The van der Waals surface area contributed by atoms with Crippen LogP contribution in [0.2, 0.25) is 0 Å². The number of ether oxygens (including phenoxy) is 2. The SMILES string of the molecule is O=C(CN1CCN(C(=O)c2cccc(F)c2)CC1)c1ccc2c(c1)OCO2. The summed E-state index contributed by atoms with van der Waals surface area (Å²) in [5, 5.41) is 0. The molecule has 140 valence electrons. The average Bonchev–Trinajstić information content (AvgIpc) is 3.16. The zero-order chi connectivity index (χ0) is 18.8. The van der Waals surface area contributed by atoms with Crippen LogP contribution < -0.4 is 9.47 Å². The highest BCUT2D eigenvalue weighted by Gasteiger charge is 2.24. The number of rotatable bonds is 4. The van der Waals surface area contributed by atoms with E-state index in [0.717, 1.165) is 0 Å². The van der Waals surface area contributed by atoms with Crippen LogP contribution in [0.1, 0.15) is 20.7 Å². The van der Waals surface area contributed by atoms with Crippen LogP contribution in [0.5, 0.6) is 11.5 Å². The Hall–Kier alpha value is -2.93. The smallest absolute Gasteiger partial charge is 0.254 e. The molecule has 2 aromatic rings. The third kappa shape index (κ3) is 3.78. The van der Waals surface area contributed by atoms with Crippen molar-refractivity contribution in [1.29, 1.82) is 0 Å². The van der Waals surface area contributed by atoms with E-state index in [1.54, 1.807) is 29.2 Å². The topological polar surface area (TPSA) is 59.1 Å². The minimum absolute atomic E-state index is 0.00166. The molecule has 0 atom stereocenters. The van der Waals surface area contributed by atoms with Crippen molar-refractivity contribution in [3.05, 3.63) is 59.4 Å². The molecule has 0 saturated carbocycles. The van der Waals surface area contributed by atoms with Gasteiger partial charge in [-0.3, -0.25) is 14.5 Å². The van der Waals surface area contributed by atoms with Crippen molar-refractivity contribution in [3.63, 3.8) is 0 Å². The number of piperazine rings is 1. The highest BCUT2D eigenvalue weighted by Crippen LogP contribution is 2.32. The van der Waals surface area contributed by atoms with Crippen molar-refractivity contribution in [2.24, 2.45) is 0 Å². The largest absolute Gasteiger partial charge is 0.454 e. The second-order valence-corrected chi connectivity index (χ2v) is 6.57. The van der Waals surface area contributed by atoms with Crippen molar-refractivity contribution in [2.45, 2.75) is 0 Å². The van der Waals surface area contributed by atoms with E-state index >= 15 is 0 Å². The number of hydrogen-bond donors (Lipinski definition) is 0. The second kappa shape index (κ2) is 7.36. The first-order chi connectivity index (χ1) is 13.1. The predicted octanol–water partition coefficient (Wildman–Crippen LogP) is 2.20. The first-order valence-corrected chi connectivity index (χ1v) is 8.80. The van der Waals surface area contributed by atoms with Crippen molar-refractivity contribution in [3.8, 4) is 11.5 Å². The Bertz CT molecular complexity index is 878. The second-order valence-electron chi connectivity index (χ2n) is 6.57. The molecule has 0 aromatic heterocycles. The maximum Gasteiger partial charge on any atom is 0.254 e. The Morgan fingerprint density at radius 1 is 0.926 bits per heavy atom. The fraction of sp³-hybridized carbons (Fsp3) is 0.300. The molecule has 7 heteroatoms. The predicted molar refractivity (Wildman–Crippen MR) is 95.6 cm³/mol. The van der Waals surface area contributed by atoms with Gasteiger partial charge in [-0.2, -0.15) is 0 Å². The van der Waals surface area contributed by atoms with Gasteiger partial charge in [-0.1, -0.05) is 6.07 Å². The number of fused-ring (bicyclic) bond motifs is 1. The molecule has 6 nitrogen and oxygen atoms in total. The zero-order valence-electron chi connectivity index (χ0n) is 14.7. The molecule has 0 aliphatic carbocycles. The van der Waals surface area contributed by atoms with E-state index in [1.807, 2.05) is 4.90 Å². The summed E-state index contributed by atoms with van der Waals surface area (Å²) < 4.78 is 23.9. The van der Waals surface area contributed by atoms with Gasteiger partial charge in [-0.15, -0.1) is 0 Å². The van der Waals surface area contributed by atoms with E-state index in [9.17, 15) is 14.0 Å². The summed E-state index contributed by atoms with van der Waals surface area (Å²) in [6, 6.07) is 10.9. The molecule has 2 aliphatic heterocycles. The summed E-state index contributed by atoms with van der Waals surface area (Å²) >= 11 is 0. The lowest BCUT2D eigenvalue weighted by molar-refractivity contribution is 0.0624. The fourth-order valence-corrected chi connectivity index (χ4v) is 3.28. The molecule has 0 radical (unpaired) electrons. The molecule has 2 heterocycles. The van der Waals surface area contributed by atoms with Crippen LogP contribution in [-0.2, 0) is 0 Å². The van der Waals surface area contributed by atoms with Crippen molar-refractivity contribution >= 4 is 11.7 Å². The monoisotopic (exact) mass is 370 g/mol. The molecule has 4 rings (SSSR count). The van der Waals surface area contributed by atoms with Crippen molar-refractivity contribution in [1.82, 2.24) is 9.80 Å². The molecule has 0 spiro atoms. The highest BCUT2D eigenvalue weighted by atomic mass is 19.1. The van der Waals surface area contributed by atoms with Gasteiger partial charge < -0.3 is 14.4 Å². The Morgan fingerprint density at radius 2 is 1.70 bits per heavy atom. The molecular weight excluding hydrogens is 351 g/mol. The lowest BCUT2D eigenvalue weighted by Gasteiger charge is -2.34. The van der Waals surface area contributed by atoms with Crippen molar-refractivity contribution in [2.75, 3.05) is 39.5 Å². The van der Waals surface area contributed by atoms with E-state index in [4.69, 9.17) is 9.47 Å². The van der Waals surface area contributed by atoms with Crippen LogP contribution in [0.3, 0.4) is 0 Å². The summed E-state index contributed by atoms with van der Waals surface area (Å²) in [5.41, 5.74) is 0.928. The van der Waals surface area contributed by atoms with Gasteiger partial charge in [0, 0.05) is 37.3 Å². The molecule has 0 bridgehead atoms. The van der Waals surface area contributed by atoms with E-state index in [0.29, 0.717) is 48.8 Å². The third-order valence-electron chi connectivity index (χ3n) is 4.79. The summed E-state index contributed by atoms with van der Waals surface area (Å²) in [4.78, 5) is 28.7. The number of halogens is 1. The Labute approximate surface area is 156 Å². The molecule has 0 N–H and O–H groups in total. The van der Waals surface area contributed by atoms with Gasteiger partial charge in [0.2, 0.25) is 6.79 Å². The summed E-state index contributed by atoms with van der Waals surface area (Å²) in [5.74, 6) is 0.630. The van der Waals surface area contributed by atoms with Gasteiger partial charge >= 0.3 is 0 Å². The van der Waals surface area contributed by atoms with Gasteiger partial charge in [-0.05, 0) is 36.4 Å². The summed E-state index contributed by atoms with van der Waals surface area (Å²) in [7, 11) is 0. The molecule has 2 aromatic carbocycles. The van der Waals surface area contributed by atoms with Gasteiger partial charge in [0.25, 0.3) is 5.91 Å². The Kier molecular flexibility index (Phi) is 4.77. The van der Waals surface area contributed by atoms with Gasteiger partial charge in [0.05, 0.1) is 6.54 Å². The number of hydrogen-bond acceptors (Lipinski definition) is 5. The molecule has 1 amide bonds. The van der Waals surface area contributed by atoms with Crippen LogP contribution in [0.4, 0.5) is 4.39 Å². The number of Topliss-reactive ketones (excluding diaryl/α,β-unsaturated/α-hetero) is 1. The lowest BCUT2D eigenvalue weighted by atomic mass is 10.1. The van der Waals surface area contributed by atoms with E-state index in [-0.39, 0.29) is 25.0 Å². The van der Waals surface area contributed by atoms with Crippen LogP contribution in [0.25, 0.3) is 0 Å². The number of nitrogens with zero attached hydrogens (tertiary/aromatic N) is 2. The molecule has 1 fully saturated rings. The minimum atomic E-state index is -0.422. The van der Waals surface area contributed by atoms with Crippen LogP contribution in [0, 0.1) is 5.82 Å². The Morgan fingerprint density at radius 3 is 2.48 bits per heavy atom. The van der Waals surface area contributed by atoms with Gasteiger partial charge in [0.1, 0.15) is 5.82 Å². The first kappa shape index (κ1) is 17.5. The maximum absolute atomic E-state index is 13.3. The summed E-state index contributed by atoms with van der Waals surface area (Å²) in [6.45, 7) is 2.65. The summed E-state index contributed by atoms with van der Waals surface area (Å²) in [6.07, 6.45) is 0. The Balaban J connectivity index is 1.33. The van der Waals surface area contributed by atoms with Crippen molar-refractivity contribution < 1.29 is 23.5 Å². The standard InChI is InChI=1S/C20H19FN2O4/c21-16-3-1-2-15(10-16)20(25)23-8-6-22(7-9-23)12-17(24)14-4-5-18-19(11-14)27-13-26-18/h1-5,10-11H,6-9,12-13H2. The molecule has 1 saturated heterocycles. The van der Waals surface area contributed by atoms with Crippen LogP contribution >= 0.6 is 0 Å². The number of carbonyl (C=O) groups excluding carboxylic acids is 2. The lowest BCUT2D eigenvalue weighted by Crippen LogP contribution is -2.49. The van der Waals surface area contributed by atoms with Crippen LogP contribution in [0.15, 0.2) is 42.5 Å². The quantitative estimate of drug-likeness (QED) is 0.773. The third-order valence-corrected chi connectivity index (χ3v) is 4.79. The number of amides is 1. The maximum atomic E-state index is 13.3. The van der Waals surface area contributed by atoms with Gasteiger partial charge in [0.15, 0.2) is 17.3 Å². The highest BCUT2D eigenvalue weighted by molar-refractivity contribution is 5.98. The number of benzene rings is 2. The molecular formula is C20H19FN2O4. The molecule has 27 heavy (non-hydrogen) atoms.